The maximum atomic E-state index is 14.1. The summed E-state index contributed by atoms with van der Waals surface area (Å²) in [5.41, 5.74) is 1.35. The van der Waals surface area contributed by atoms with E-state index in [-0.39, 0.29) is 17.3 Å². The Labute approximate surface area is 250 Å². The van der Waals surface area contributed by atoms with Gasteiger partial charge in [-0.2, -0.15) is 0 Å². The van der Waals surface area contributed by atoms with Gasteiger partial charge in [0.2, 0.25) is 11.8 Å². The van der Waals surface area contributed by atoms with E-state index in [1.807, 2.05) is 34.6 Å². The second-order valence-electron chi connectivity index (χ2n) is 10.6. The van der Waals surface area contributed by atoms with Gasteiger partial charge in [-0.05, 0) is 82.1 Å². The zero-order chi connectivity index (χ0) is 29.7. The van der Waals surface area contributed by atoms with Crippen molar-refractivity contribution in [2.75, 3.05) is 10.8 Å². The zero-order valence-electron chi connectivity index (χ0n) is 23.3. The van der Waals surface area contributed by atoms with Crippen LogP contribution in [0.4, 0.5) is 5.69 Å². The van der Waals surface area contributed by atoms with Crippen LogP contribution in [0.1, 0.15) is 45.2 Å². The molecule has 7 nitrogen and oxygen atoms in total. The highest BCUT2D eigenvalue weighted by Gasteiger charge is 2.34. The van der Waals surface area contributed by atoms with Gasteiger partial charge in [0.15, 0.2) is 0 Å². The van der Waals surface area contributed by atoms with Crippen LogP contribution in [0, 0.1) is 6.92 Å². The fraction of sp³-hybridized carbons (Fsp3) is 0.333. The molecule has 3 aromatic carbocycles. The van der Waals surface area contributed by atoms with Gasteiger partial charge in [0.25, 0.3) is 10.0 Å². The van der Waals surface area contributed by atoms with Crippen molar-refractivity contribution in [1.82, 2.24) is 10.2 Å². The Morgan fingerprint density at radius 1 is 0.975 bits per heavy atom. The van der Waals surface area contributed by atoms with Crippen molar-refractivity contribution >= 4 is 55.1 Å². The normalized spacial score (nSPS) is 12.5. The van der Waals surface area contributed by atoms with Crippen LogP contribution in [-0.4, -0.2) is 43.3 Å². The van der Waals surface area contributed by atoms with Gasteiger partial charge in [0.05, 0.1) is 10.6 Å². The number of sulfonamides is 1. The third kappa shape index (κ3) is 8.08. The SMILES string of the molecule is CC[C@H](C(=O)NC(C)(C)C)N(Cc1ccccc1Cl)C(=O)CN(c1ccc(Br)cc1)S(=O)(=O)c1ccc(C)cc1. The van der Waals surface area contributed by atoms with Gasteiger partial charge in [0.1, 0.15) is 12.6 Å². The molecule has 1 N–H and O–H groups in total. The van der Waals surface area contributed by atoms with Gasteiger partial charge in [-0.1, -0.05) is 70.3 Å². The summed E-state index contributed by atoms with van der Waals surface area (Å²) < 4.78 is 29.7. The molecule has 2 amide bonds. The summed E-state index contributed by atoms with van der Waals surface area (Å²) in [4.78, 5) is 29.0. The smallest absolute Gasteiger partial charge is 0.264 e. The Bertz CT molecular complexity index is 1440. The van der Waals surface area contributed by atoms with Crippen LogP contribution in [0.15, 0.2) is 82.2 Å². The lowest BCUT2D eigenvalue weighted by atomic mass is 10.1. The zero-order valence-corrected chi connectivity index (χ0v) is 26.5. The lowest BCUT2D eigenvalue weighted by Gasteiger charge is -2.35. The second-order valence-corrected chi connectivity index (χ2v) is 13.8. The van der Waals surface area contributed by atoms with E-state index in [1.54, 1.807) is 60.7 Å². The van der Waals surface area contributed by atoms with E-state index in [4.69, 9.17) is 11.6 Å². The van der Waals surface area contributed by atoms with Crippen molar-refractivity contribution in [2.24, 2.45) is 0 Å². The predicted molar refractivity (Wildman–Crippen MR) is 164 cm³/mol. The molecule has 214 valence electrons. The molecule has 0 aliphatic rings. The molecule has 0 unspecified atom stereocenters. The average molecular weight is 649 g/mol. The van der Waals surface area contributed by atoms with Crippen LogP contribution < -0.4 is 9.62 Å². The standard InChI is InChI=1S/C30H35BrClN3O4S/c1-6-27(29(37)33-30(3,4)5)34(19-22-9-7-8-10-26(22)32)28(36)20-35(24-15-13-23(31)14-16-24)40(38,39)25-17-11-21(2)12-18-25/h7-18,27H,6,19-20H2,1-5H3,(H,33,37)/t27-/m1/s1. The number of aryl methyl sites for hydroxylation is 1. The van der Waals surface area contributed by atoms with Gasteiger partial charge in [-0.25, -0.2) is 8.42 Å². The molecular weight excluding hydrogens is 614 g/mol. The molecule has 0 bridgehead atoms. The minimum atomic E-state index is -4.13. The number of nitrogens with one attached hydrogen (secondary N) is 1. The Balaban J connectivity index is 2.08. The quantitative estimate of drug-likeness (QED) is 0.279. The first-order valence-electron chi connectivity index (χ1n) is 12.9. The summed E-state index contributed by atoms with van der Waals surface area (Å²) in [6, 6.07) is 19.4. The van der Waals surface area contributed by atoms with E-state index in [0.717, 1.165) is 14.3 Å². The van der Waals surface area contributed by atoms with Crippen molar-refractivity contribution in [3.63, 3.8) is 0 Å². The van der Waals surface area contributed by atoms with Crippen LogP contribution in [0.5, 0.6) is 0 Å². The maximum Gasteiger partial charge on any atom is 0.264 e. The van der Waals surface area contributed by atoms with Crippen LogP contribution >= 0.6 is 27.5 Å². The van der Waals surface area contributed by atoms with E-state index < -0.39 is 34.1 Å². The number of nitrogens with zero attached hydrogens (tertiary/aromatic N) is 2. The minimum Gasteiger partial charge on any atom is -0.350 e. The molecule has 1 atom stereocenters. The summed E-state index contributed by atoms with van der Waals surface area (Å²) in [6.07, 6.45) is 0.321. The number of hydrogen-bond acceptors (Lipinski definition) is 4. The van der Waals surface area contributed by atoms with Crippen LogP contribution in [0.25, 0.3) is 0 Å². The van der Waals surface area contributed by atoms with E-state index in [0.29, 0.717) is 22.7 Å². The van der Waals surface area contributed by atoms with Gasteiger partial charge < -0.3 is 10.2 Å². The fourth-order valence-corrected chi connectivity index (χ4v) is 6.03. The Kier molecular flexibility index (Phi) is 10.4. The molecule has 0 saturated heterocycles. The molecule has 0 heterocycles. The number of carbonyl (C=O) groups excluding carboxylic acids is 2. The van der Waals surface area contributed by atoms with Crippen LogP contribution in [0.2, 0.25) is 5.02 Å². The van der Waals surface area contributed by atoms with Gasteiger partial charge in [-0.15, -0.1) is 0 Å². The molecule has 10 heteroatoms. The van der Waals surface area contributed by atoms with E-state index in [2.05, 4.69) is 21.2 Å². The van der Waals surface area contributed by atoms with Crippen molar-refractivity contribution in [2.45, 2.75) is 64.1 Å². The highest BCUT2D eigenvalue weighted by Crippen LogP contribution is 2.27. The monoisotopic (exact) mass is 647 g/mol. The van der Waals surface area contributed by atoms with Crippen molar-refractivity contribution in [1.29, 1.82) is 0 Å². The summed E-state index contributed by atoms with van der Waals surface area (Å²) in [7, 11) is -4.13. The van der Waals surface area contributed by atoms with E-state index in [9.17, 15) is 18.0 Å². The highest BCUT2D eigenvalue weighted by molar-refractivity contribution is 9.10. The molecule has 0 aromatic heterocycles. The number of rotatable bonds is 10. The van der Waals surface area contributed by atoms with Gasteiger partial charge >= 0.3 is 0 Å². The first kappa shape index (κ1) is 31.6. The summed E-state index contributed by atoms with van der Waals surface area (Å²) in [5, 5.41) is 3.40. The van der Waals surface area contributed by atoms with E-state index >= 15 is 0 Å². The summed E-state index contributed by atoms with van der Waals surface area (Å²) in [5.74, 6) is -0.860. The lowest BCUT2D eigenvalue weighted by molar-refractivity contribution is -0.141. The molecule has 0 radical (unpaired) electrons. The number of benzene rings is 3. The third-order valence-electron chi connectivity index (χ3n) is 6.19. The molecule has 0 spiro atoms. The molecule has 40 heavy (non-hydrogen) atoms. The summed E-state index contributed by atoms with van der Waals surface area (Å²) in [6.45, 7) is 8.79. The minimum absolute atomic E-state index is 0.0351. The average Bonchev–Trinajstić information content (AvgIpc) is 2.88. The van der Waals surface area contributed by atoms with Gasteiger partial charge in [0, 0.05) is 21.6 Å². The van der Waals surface area contributed by atoms with Gasteiger partial charge in [-0.3, -0.25) is 13.9 Å². The first-order chi connectivity index (χ1) is 18.7. The fourth-order valence-electron chi connectivity index (χ4n) is 4.16. The lowest BCUT2D eigenvalue weighted by Crippen LogP contribution is -2.55. The summed E-state index contributed by atoms with van der Waals surface area (Å²) >= 11 is 9.82. The Hall–Kier alpha value is -2.88. The second kappa shape index (κ2) is 13.2. The highest BCUT2D eigenvalue weighted by atomic mass is 79.9. The molecule has 0 saturated carbocycles. The van der Waals surface area contributed by atoms with Crippen molar-refractivity contribution in [3.05, 3.63) is 93.4 Å². The Morgan fingerprint density at radius 3 is 2.12 bits per heavy atom. The first-order valence-corrected chi connectivity index (χ1v) is 15.5. The molecule has 0 fully saturated rings. The largest absolute Gasteiger partial charge is 0.350 e. The third-order valence-corrected chi connectivity index (χ3v) is 8.87. The maximum absolute atomic E-state index is 14.1. The number of anilines is 1. The molecular formula is C30H35BrClN3O4S. The number of hydrogen-bond donors (Lipinski definition) is 1. The topological polar surface area (TPSA) is 86.8 Å². The molecule has 3 rings (SSSR count). The van der Waals surface area contributed by atoms with Crippen LogP contribution in [-0.2, 0) is 26.2 Å². The van der Waals surface area contributed by atoms with Crippen molar-refractivity contribution < 1.29 is 18.0 Å². The Morgan fingerprint density at radius 2 is 1.57 bits per heavy atom. The van der Waals surface area contributed by atoms with Crippen molar-refractivity contribution in [3.8, 4) is 0 Å². The molecule has 0 aliphatic carbocycles. The molecule has 0 aliphatic heterocycles. The number of carbonyl (C=O) groups is 2. The predicted octanol–water partition coefficient (Wildman–Crippen LogP) is 6.33. The number of amides is 2. The molecule has 3 aromatic rings. The number of halogens is 2. The van der Waals surface area contributed by atoms with Crippen LogP contribution in [0.3, 0.4) is 0 Å². The van der Waals surface area contributed by atoms with E-state index in [1.165, 1.54) is 17.0 Å².